The molecular formula is C36H72O3. The van der Waals surface area contributed by atoms with Crippen LogP contribution in [0, 0.1) is 53.3 Å². The normalized spacial score (nSPS) is 28.8. The van der Waals surface area contributed by atoms with Gasteiger partial charge in [-0.3, -0.25) is 0 Å². The minimum absolute atomic E-state index is 0.00926. The Hall–Kier alpha value is -0.120. The highest BCUT2D eigenvalue weighted by molar-refractivity contribution is 4.73. The maximum Gasteiger partial charge on any atom is 0.0540 e. The summed E-state index contributed by atoms with van der Waals surface area (Å²) in [5.74, 6) is 8.26. The van der Waals surface area contributed by atoms with E-state index in [-0.39, 0.29) is 6.10 Å². The first-order chi connectivity index (χ1) is 18.5. The van der Waals surface area contributed by atoms with E-state index in [1.807, 2.05) is 0 Å². The largest absolute Gasteiger partial charge is 0.393 e. The molecule has 1 N–H and O–H groups in total. The molecule has 0 aromatic carbocycles. The zero-order valence-corrected chi connectivity index (χ0v) is 28.1. The summed E-state index contributed by atoms with van der Waals surface area (Å²) in [5.41, 5.74) is 0. The zero-order chi connectivity index (χ0) is 29.2. The Morgan fingerprint density at radius 1 is 0.513 bits per heavy atom. The summed E-state index contributed by atoms with van der Waals surface area (Å²) in [6.45, 7) is 24.8. The predicted molar refractivity (Wildman–Crippen MR) is 170 cm³/mol. The highest BCUT2D eigenvalue weighted by atomic mass is 16.5. The van der Waals surface area contributed by atoms with E-state index in [0.29, 0.717) is 0 Å². The van der Waals surface area contributed by atoms with Crippen LogP contribution in [0.5, 0.6) is 0 Å². The molecule has 0 amide bonds. The van der Waals surface area contributed by atoms with E-state index >= 15 is 0 Å². The van der Waals surface area contributed by atoms with Crippen LogP contribution in [0.4, 0.5) is 0 Å². The summed E-state index contributed by atoms with van der Waals surface area (Å²) in [7, 11) is 0. The van der Waals surface area contributed by atoms with Gasteiger partial charge in [0.1, 0.15) is 0 Å². The Balaban J connectivity index is 0.000000260. The molecule has 0 aromatic rings. The van der Waals surface area contributed by atoms with Crippen molar-refractivity contribution in [2.75, 3.05) is 26.4 Å². The van der Waals surface area contributed by atoms with Crippen LogP contribution in [0.3, 0.4) is 0 Å². The van der Waals surface area contributed by atoms with Crippen LogP contribution in [0.15, 0.2) is 0 Å². The second kappa shape index (κ2) is 21.6. The first-order valence-corrected chi connectivity index (χ1v) is 17.3. The SMILES string of the molecule is CC(C)C1CCC(O)CC1.CC(C)C1CCOCC1.CC(C)CC1CCOCC1.CC1CCC(C(C)C)CC1. The third kappa shape index (κ3) is 18.1. The summed E-state index contributed by atoms with van der Waals surface area (Å²) in [5, 5.41) is 9.21. The van der Waals surface area contributed by atoms with E-state index < -0.39 is 0 Å². The van der Waals surface area contributed by atoms with Crippen LogP contribution in [0.1, 0.15) is 146 Å². The Bertz CT molecular complexity index is 504. The molecule has 3 heteroatoms. The van der Waals surface area contributed by atoms with Gasteiger partial charge in [-0.15, -0.1) is 0 Å². The van der Waals surface area contributed by atoms with Gasteiger partial charge < -0.3 is 14.6 Å². The molecule has 0 bridgehead atoms. The second-order valence-corrected chi connectivity index (χ2v) is 15.0. The maximum absolute atomic E-state index is 9.21. The molecule has 2 aliphatic heterocycles. The summed E-state index contributed by atoms with van der Waals surface area (Å²) in [6, 6.07) is 0. The molecule has 0 spiro atoms. The monoisotopic (exact) mass is 553 g/mol. The second-order valence-electron chi connectivity index (χ2n) is 15.0. The summed E-state index contributed by atoms with van der Waals surface area (Å²) < 4.78 is 10.5. The first-order valence-electron chi connectivity index (χ1n) is 17.3. The lowest BCUT2D eigenvalue weighted by atomic mass is 9.78. The van der Waals surface area contributed by atoms with Crippen LogP contribution < -0.4 is 0 Å². The van der Waals surface area contributed by atoms with Crippen molar-refractivity contribution in [3.63, 3.8) is 0 Å². The lowest BCUT2D eigenvalue weighted by Crippen LogP contribution is -2.21. The topological polar surface area (TPSA) is 38.7 Å². The molecule has 4 fully saturated rings. The lowest BCUT2D eigenvalue weighted by molar-refractivity contribution is 0.0523. The van der Waals surface area contributed by atoms with E-state index in [2.05, 4.69) is 62.3 Å². The Labute approximate surface area is 246 Å². The van der Waals surface area contributed by atoms with Gasteiger partial charge in [-0.1, -0.05) is 75.2 Å². The minimum atomic E-state index is 0.00926. The molecule has 2 heterocycles. The van der Waals surface area contributed by atoms with Gasteiger partial charge in [-0.05, 0) is 124 Å². The van der Waals surface area contributed by atoms with Crippen molar-refractivity contribution in [1.82, 2.24) is 0 Å². The number of ether oxygens (including phenoxy) is 2. The van der Waals surface area contributed by atoms with E-state index in [1.54, 1.807) is 0 Å². The molecule has 4 rings (SSSR count). The van der Waals surface area contributed by atoms with E-state index in [9.17, 15) is 5.11 Å². The van der Waals surface area contributed by atoms with Crippen LogP contribution in [-0.4, -0.2) is 37.6 Å². The third-order valence-electron chi connectivity index (χ3n) is 10.0. The van der Waals surface area contributed by atoms with Crippen molar-refractivity contribution < 1.29 is 14.6 Å². The fraction of sp³-hybridized carbons (Fsp3) is 1.00. The molecule has 3 nitrogen and oxygen atoms in total. The van der Waals surface area contributed by atoms with Crippen molar-refractivity contribution in [2.45, 2.75) is 152 Å². The molecule has 0 atom stereocenters. The molecule has 2 aliphatic carbocycles. The van der Waals surface area contributed by atoms with E-state index in [4.69, 9.17) is 9.47 Å². The van der Waals surface area contributed by atoms with Gasteiger partial charge in [0.25, 0.3) is 0 Å². The summed E-state index contributed by atoms with van der Waals surface area (Å²) in [4.78, 5) is 0. The van der Waals surface area contributed by atoms with Gasteiger partial charge in [0.15, 0.2) is 0 Å². The quantitative estimate of drug-likeness (QED) is 0.369. The van der Waals surface area contributed by atoms with Crippen LogP contribution in [0.2, 0.25) is 0 Å². The van der Waals surface area contributed by atoms with Gasteiger partial charge in [-0.2, -0.15) is 0 Å². The lowest BCUT2D eigenvalue weighted by Gasteiger charge is -2.28. The number of hydrogen-bond donors (Lipinski definition) is 1. The van der Waals surface area contributed by atoms with Gasteiger partial charge in [-0.25, -0.2) is 0 Å². The summed E-state index contributed by atoms with van der Waals surface area (Å²) in [6.07, 6.45) is 17.0. The van der Waals surface area contributed by atoms with Crippen molar-refractivity contribution >= 4 is 0 Å². The van der Waals surface area contributed by atoms with Crippen molar-refractivity contribution in [3.05, 3.63) is 0 Å². The van der Waals surface area contributed by atoms with Crippen LogP contribution >= 0.6 is 0 Å². The number of hydrogen-bond acceptors (Lipinski definition) is 3. The Morgan fingerprint density at radius 2 is 0.872 bits per heavy atom. The Kier molecular flexibility index (Phi) is 20.4. The molecular weight excluding hydrogens is 480 g/mol. The highest BCUT2D eigenvalue weighted by Gasteiger charge is 2.22. The van der Waals surface area contributed by atoms with Gasteiger partial charge in [0.2, 0.25) is 0 Å². The van der Waals surface area contributed by atoms with Crippen molar-refractivity contribution in [1.29, 1.82) is 0 Å². The molecule has 234 valence electrons. The minimum Gasteiger partial charge on any atom is -0.393 e. The van der Waals surface area contributed by atoms with Crippen molar-refractivity contribution in [3.8, 4) is 0 Å². The fourth-order valence-electron chi connectivity index (χ4n) is 6.75. The molecule has 0 aromatic heterocycles. The highest BCUT2D eigenvalue weighted by Crippen LogP contribution is 2.32. The van der Waals surface area contributed by atoms with Crippen LogP contribution in [0.25, 0.3) is 0 Å². The average molecular weight is 553 g/mol. The van der Waals surface area contributed by atoms with Gasteiger partial charge in [0, 0.05) is 26.4 Å². The molecule has 4 aliphatic rings. The van der Waals surface area contributed by atoms with E-state index in [1.165, 1.54) is 70.6 Å². The first kappa shape index (κ1) is 36.9. The van der Waals surface area contributed by atoms with Gasteiger partial charge >= 0.3 is 0 Å². The number of aliphatic hydroxyl groups is 1. The standard InChI is InChI=1S/C10H20.2C9H18O.C8H16O/c1-8(2)10-6-4-9(3)5-7-10;1-8(2)7-9-3-5-10-6-4-9;1-7(2)8-3-5-9(10)6-4-8;1-7(2)8-3-5-9-6-4-8/h8-10H,4-7H2,1-3H3;8-9H,3-7H2,1-2H3;7-10H,3-6H2,1-2H3;7-8H,3-6H2,1-2H3. The smallest absolute Gasteiger partial charge is 0.0540 e. The zero-order valence-electron chi connectivity index (χ0n) is 28.1. The Morgan fingerprint density at radius 3 is 1.23 bits per heavy atom. The molecule has 0 unspecified atom stereocenters. The molecule has 2 saturated carbocycles. The predicted octanol–water partition coefficient (Wildman–Crippen LogP) is 10.2. The third-order valence-corrected chi connectivity index (χ3v) is 10.0. The number of aliphatic hydroxyl groups excluding tert-OH is 1. The van der Waals surface area contributed by atoms with Gasteiger partial charge in [0.05, 0.1) is 6.10 Å². The van der Waals surface area contributed by atoms with Crippen molar-refractivity contribution in [2.24, 2.45) is 53.3 Å². The number of rotatable bonds is 5. The average Bonchev–Trinajstić information content (AvgIpc) is 2.91. The molecule has 0 radical (unpaired) electrons. The van der Waals surface area contributed by atoms with Crippen LogP contribution in [-0.2, 0) is 9.47 Å². The van der Waals surface area contributed by atoms with E-state index in [0.717, 1.165) is 92.5 Å². The maximum atomic E-state index is 9.21. The summed E-state index contributed by atoms with van der Waals surface area (Å²) >= 11 is 0. The fourth-order valence-corrected chi connectivity index (χ4v) is 6.75. The molecule has 39 heavy (non-hydrogen) atoms. The molecule has 2 saturated heterocycles.